The average molecular weight is 166 g/mol. The average Bonchev–Trinajstić information content (AvgIpc) is 2.85. The Morgan fingerprint density at radius 3 is 2.50 bits per heavy atom. The molecule has 0 aromatic rings. The summed E-state index contributed by atoms with van der Waals surface area (Å²) in [7, 11) is 0. The van der Waals surface area contributed by atoms with Crippen LogP contribution in [0.4, 0.5) is 0 Å². The van der Waals surface area contributed by atoms with Gasteiger partial charge in [-0.25, -0.2) is 0 Å². The fraction of sp³-hybridized carbons (Fsp3) is 0.800. The Bertz CT molecular complexity index is 216. The summed E-state index contributed by atoms with van der Waals surface area (Å²) >= 11 is 0. The van der Waals surface area contributed by atoms with E-state index in [-0.39, 0.29) is 5.92 Å². The maximum Gasteiger partial charge on any atom is 0.139 e. The Balaban J connectivity index is 1.93. The number of ketones is 2. The maximum atomic E-state index is 11.6. The predicted octanol–water partition coefficient (Wildman–Crippen LogP) is 1.72. The molecule has 2 nitrogen and oxygen atoms in total. The van der Waals surface area contributed by atoms with Gasteiger partial charge in [-0.1, -0.05) is 0 Å². The Morgan fingerprint density at radius 1 is 1.17 bits per heavy atom. The largest absolute Gasteiger partial charge is 0.300 e. The van der Waals surface area contributed by atoms with Crippen LogP contribution in [0.2, 0.25) is 0 Å². The molecule has 0 spiro atoms. The van der Waals surface area contributed by atoms with Gasteiger partial charge in [0, 0.05) is 24.7 Å². The van der Waals surface area contributed by atoms with E-state index in [2.05, 4.69) is 0 Å². The molecule has 0 radical (unpaired) electrons. The van der Waals surface area contributed by atoms with Gasteiger partial charge in [-0.05, 0) is 25.7 Å². The van der Waals surface area contributed by atoms with Gasteiger partial charge in [0.05, 0.1) is 0 Å². The highest BCUT2D eigenvalue weighted by Crippen LogP contribution is 2.36. The van der Waals surface area contributed by atoms with E-state index in [9.17, 15) is 9.59 Å². The molecule has 2 fully saturated rings. The Labute approximate surface area is 72.3 Å². The maximum absolute atomic E-state index is 11.6. The molecule has 2 heteroatoms. The lowest BCUT2D eigenvalue weighted by molar-refractivity contribution is -0.130. The second kappa shape index (κ2) is 3.00. The van der Waals surface area contributed by atoms with E-state index >= 15 is 0 Å². The van der Waals surface area contributed by atoms with Crippen LogP contribution < -0.4 is 0 Å². The van der Waals surface area contributed by atoms with Crippen LogP contribution in [-0.2, 0) is 9.59 Å². The van der Waals surface area contributed by atoms with Crippen molar-refractivity contribution in [3.8, 4) is 0 Å². The van der Waals surface area contributed by atoms with Crippen molar-refractivity contribution in [3.05, 3.63) is 0 Å². The number of carbonyl (C=O) groups is 2. The fourth-order valence-corrected chi connectivity index (χ4v) is 1.97. The molecular weight excluding hydrogens is 152 g/mol. The Morgan fingerprint density at radius 2 is 1.92 bits per heavy atom. The number of rotatable bonds is 2. The molecule has 0 aliphatic heterocycles. The van der Waals surface area contributed by atoms with Gasteiger partial charge in [0.25, 0.3) is 0 Å². The van der Waals surface area contributed by atoms with Crippen molar-refractivity contribution in [1.29, 1.82) is 0 Å². The van der Waals surface area contributed by atoms with Gasteiger partial charge in [-0.2, -0.15) is 0 Å². The molecule has 0 saturated heterocycles. The van der Waals surface area contributed by atoms with Crippen LogP contribution in [0.5, 0.6) is 0 Å². The van der Waals surface area contributed by atoms with Crippen LogP contribution in [-0.4, -0.2) is 11.6 Å². The molecule has 2 aliphatic rings. The minimum Gasteiger partial charge on any atom is -0.300 e. The molecule has 2 saturated carbocycles. The van der Waals surface area contributed by atoms with Crippen molar-refractivity contribution in [2.45, 2.75) is 38.5 Å². The van der Waals surface area contributed by atoms with Gasteiger partial charge >= 0.3 is 0 Å². The summed E-state index contributed by atoms with van der Waals surface area (Å²) in [6, 6.07) is 0. The SMILES string of the molecule is O=C1CCCC(C(=O)C2CC2)C1. The van der Waals surface area contributed by atoms with Crippen LogP contribution in [0, 0.1) is 11.8 Å². The monoisotopic (exact) mass is 166 g/mol. The van der Waals surface area contributed by atoms with E-state index < -0.39 is 0 Å². The van der Waals surface area contributed by atoms with E-state index in [4.69, 9.17) is 0 Å². The number of carbonyl (C=O) groups excluding carboxylic acids is 2. The van der Waals surface area contributed by atoms with Crippen molar-refractivity contribution in [3.63, 3.8) is 0 Å². The summed E-state index contributed by atoms with van der Waals surface area (Å²) in [6.45, 7) is 0. The second-order valence-electron chi connectivity index (χ2n) is 4.01. The molecule has 66 valence electrons. The van der Waals surface area contributed by atoms with Gasteiger partial charge in [0.1, 0.15) is 11.6 Å². The zero-order valence-electron chi connectivity index (χ0n) is 7.21. The molecule has 0 N–H and O–H groups in total. The normalized spacial score (nSPS) is 30.3. The Kier molecular flexibility index (Phi) is 1.99. The van der Waals surface area contributed by atoms with Gasteiger partial charge in [-0.15, -0.1) is 0 Å². The summed E-state index contributed by atoms with van der Waals surface area (Å²) in [4.78, 5) is 22.6. The third kappa shape index (κ3) is 1.57. The number of hydrogen-bond acceptors (Lipinski definition) is 2. The molecule has 0 aromatic carbocycles. The lowest BCUT2D eigenvalue weighted by atomic mass is 9.84. The molecule has 0 heterocycles. The third-order valence-electron chi connectivity index (χ3n) is 2.86. The van der Waals surface area contributed by atoms with Crippen molar-refractivity contribution in [2.75, 3.05) is 0 Å². The Hall–Kier alpha value is -0.660. The van der Waals surface area contributed by atoms with Crippen LogP contribution in [0.1, 0.15) is 38.5 Å². The summed E-state index contributed by atoms with van der Waals surface area (Å²) in [5, 5.41) is 0. The van der Waals surface area contributed by atoms with Crippen LogP contribution in [0.25, 0.3) is 0 Å². The molecule has 12 heavy (non-hydrogen) atoms. The van der Waals surface area contributed by atoms with Crippen molar-refractivity contribution in [2.24, 2.45) is 11.8 Å². The molecule has 0 bridgehead atoms. The first kappa shape index (κ1) is 7.96. The third-order valence-corrected chi connectivity index (χ3v) is 2.86. The van der Waals surface area contributed by atoms with Gasteiger partial charge in [0.15, 0.2) is 0 Å². The van der Waals surface area contributed by atoms with Crippen LogP contribution in [0.3, 0.4) is 0 Å². The number of hydrogen-bond donors (Lipinski definition) is 0. The summed E-state index contributed by atoms with van der Waals surface area (Å²) in [5.41, 5.74) is 0. The van der Waals surface area contributed by atoms with E-state index in [1.165, 1.54) is 0 Å². The highest BCUT2D eigenvalue weighted by atomic mass is 16.1. The van der Waals surface area contributed by atoms with E-state index in [0.29, 0.717) is 30.3 Å². The molecule has 0 aromatic heterocycles. The fourth-order valence-electron chi connectivity index (χ4n) is 1.97. The number of Topliss-reactive ketones (excluding diaryl/α,β-unsaturated/α-hetero) is 2. The van der Waals surface area contributed by atoms with E-state index in [1.807, 2.05) is 0 Å². The quantitative estimate of drug-likeness (QED) is 0.626. The van der Waals surface area contributed by atoms with Crippen molar-refractivity contribution in [1.82, 2.24) is 0 Å². The topological polar surface area (TPSA) is 34.1 Å². The standard InChI is InChI=1S/C10H14O2/c11-9-3-1-2-8(6-9)10(12)7-4-5-7/h7-8H,1-6H2. The molecule has 2 aliphatic carbocycles. The first-order valence-electron chi connectivity index (χ1n) is 4.83. The zero-order valence-corrected chi connectivity index (χ0v) is 7.21. The smallest absolute Gasteiger partial charge is 0.139 e. The van der Waals surface area contributed by atoms with E-state index in [0.717, 1.165) is 25.7 Å². The molecule has 2 rings (SSSR count). The highest BCUT2D eigenvalue weighted by Gasteiger charge is 2.36. The molecule has 1 unspecified atom stereocenters. The van der Waals surface area contributed by atoms with Gasteiger partial charge in [-0.3, -0.25) is 9.59 Å². The first-order valence-corrected chi connectivity index (χ1v) is 4.83. The van der Waals surface area contributed by atoms with Crippen molar-refractivity contribution < 1.29 is 9.59 Å². The van der Waals surface area contributed by atoms with Crippen LogP contribution >= 0.6 is 0 Å². The minimum atomic E-state index is 0.0961. The summed E-state index contributed by atoms with van der Waals surface area (Å²) < 4.78 is 0. The highest BCUT2D eigenvalue weighted by molar-refractivity contribution is 5.91. The lowest BCUT2D eigenvalue weighted by Gasteiger charge is -2.18. The van der Waals surface area contributed by atoms with Gasteiger partial charge in [0.2, 0.25) is 0 Å². The van der Waals surface area contributed by atoms with Crippen molar-refractivity contribution >= 4 is 11.6 Å². The molecule has 0 amide bonds. The molecule has 1 atom stereocenters. The zero-order chi connectivity index (χ0) is 8.55. The summed E-state index contributed by atoms with van der Waals surface area (Å²) in [5.74, 6) is 1.10. The molecular formula is C10H14O2. The second-order valence-corrected chi connectivity index (χ2v) is 4.01. The predicted molar refractivity (Wildman–Crippen MR) is 44.7 cm³/mol. The minimum absolute atomic E-state index is 0.0961. The lowest BCUT2D eigenvalue weighted by Crippen LogP contribution is -2.23. The summed E-state index contributed by atoms with van der Waals surface area (Å²) in [6.07, 6.45) is 5.28. The van der Waals surface area contributed by atoms with Crippen LogP contribution in [0.15, 0.2) is 0 Å². The first-order chi connectivity index (χ1) is 5.77. The van der Waals surface area contributed by atoms with Gasteiger partial charge < -0.3 is 0 Å². The van der Waals surface area contributed by atoms with E-state index in [1.54, 1.807) is 0 Å².